The fourth-order valence-corrected chi connectivity index (χ4v) is 3.13. The smallest absolute Gasteiger partial charge is 0.231 e. The fraction of sp³-hybridized carbons (Fsp3) is 0.636. The quantitative estimate of drug-likeness (QED) is 0.639. The second kappa shape index (κ2) is 7.55. The van der Waals surface area contributed by atoms with Gasteiger partial charge in [0.05, 0.1) is 18.4 Å². The molecule has 0 aliphatic rings. The van der Waals surface area contributed by atoms with Crippen molar-refractivity contribution in [2.75, 3.05) is 17.6 Å². The number of amides is 1. The highest BCUT2D eigenvalue weighted by atomic mass is 32.2. The van der Waals surface area contributed by atoms with Crippen LogP contribution in [0.15, 0.2) is 5.38 Å². The first-order valence-electron chi connectivity index (χ1n) is 6.16. The number of aliphatic hydroxyl groups excluding tert-OH is 1. The van der Waals surface area contributed by atoms with Crippen molar-refractivity contribution < 1.29 is 18.3 Å². The van der Waals surface area contributed by atoms with Gasteiger partial charge in [-0.3, -0.25) is 9.52 Å². The maximum atomic E-state index is 11.8. The summed E-state index contributed by atoms with van der Waals surface area (Å²) < 4.78 is 24.3. The standard InChI is InChI=1S/C11H19N3O4S2/c1-3-8(4-5-15)12-10(16)6-9-7-19-11(13-9)14-20(2,17)18/h7-8,15H,3-6H2,1-2H3,(H,12,16)(H,13,14). The molecule has 0 fully saturated rings. The second-order valence-electron chi connectivity index (χ2n) is 4.38. The molecule has 20 heavy (non-hydrogen) atoms. The summed E-state index contributed by atoms with van der Waals surface area (Å²) in [6, 6.07) is -0.0558. The first-order valence-corrected chi connectivity index (χ1v) is 8.93. The molecule has 0 radical (unpaired) electrons. The van der Waals surface area contributed by atoms with Gasteiger partial charge in [-0.05, 0) is 12.8 Å². The monoisotopic (exact) mass is 321 g/mol. The lowest BCUT2D eigenvalue weighted by molar-refractivity contribution is -0.121. The summed E-state index contributed by atoms with van der Waals surface area (Å²) >= 11 is 1.13. The number of carbonyl (C=O) groups excluding carboxylic acids is 1. The van der Waals surface area contributed by atoms with E-state index < -0.39 is 10.0 Å². The Kier molecular flexibility index (Phi) is 6.37. The van der Waals surface area contributed by atoms with Gasteiger partial charge < -0.3 is 10.4 Å². The van der Waals surface area contributed by atoms with E-state index in [0.29, 0.717) is 12.1 Å². The first-order chi connectivity index (χ1) is 9.34. The Hall–Kier alpha value is -1.19. The van der Waals surface area contributed by atoms with Crippen molar-refractivity contribution >= 4 is 32.4 Å². The van der Waals surface area contributed by atoms with Crippen molar-refractivity contribution in [3.8, 4) is 0 Å². The SMILES string of the molecule is CCC(CCO)NC(=O)Cc1csc(NS(C)(=O)=O)n1. The van der Waals surface area contributed by atoms with E-state index in [0.717, 1.165) is 24.0 Å². The number of thiazole rings is 1. The Morgan fingerprint density at radius 3 is 2.80 bits per heavy atom. The average Bonchev–Trinajstić information content (AvgIpc) is 2.73. The number of nitrogens with zero attached hydrogens (tertiary/aromatic N) is 1. The largest absolute Gasteiger partial charge is 0.396 e. The number of sulfonamides is 1. The van der Waals surface area contributed by atoms with Crippen LogP contribution in [-0.2, 0) is 21.2 Å². The molecule has 0 spiro atoms. The van der Waals surface area contributed by atoms with Gasteiger partial charge in [-0.2, -0.15) is 0 Å². The number of hydrogen-bond donors (Lipinski definition) is 3. The number of rotatable bonds is 8. The van der Waals surface area contributed by atoms with Crippen molar-refractivity contribution in [1.29, 1.82) is 0 Å². The Labute approximate surface area is 122 Å². The summed E-state index contributed by atoms with van der Waals surface area (Å²) in [5.74, 6) is -0.193. The number of aromatic nitrogens is 1. The van der Waals surface area contributed by atoms with Crippen LogP contribution in [0.5, 0.6) is 0 Å². The molecular formula is C11H19N3O4S2. The predicted octanol–water partition coefficient (Wildman–Crippen LogP) is 0.334. The van der Waals surface area contributed by atoms with Gasteiger partial charge in [0, 0.05) is 18.0 Å². The van der Waals surface area contributed by atoms with Crippen LogP contribution in [0.3, 0.4) is 0 Å². The number of nitrogens with one attached hydrogen (secondary N) is 2. The summed E-state index contributed by atoms with van der Waals surface area (Å²) in [4.78, 5) is 15.8. The van der Waals surface area contributed by atoms with Gasteiger partial charge in [0.1, 0.15) is 0 Å². The van der Waals surface area contributed by atoms with Crippen LogP contribution in [0.2, 0.25) is 0 Å². The number of hydrogen-bond acceptors (Lipinski definition) is 6. The normalized spacial score (nSPS) is 12.9. The minimum Gasteiger partial charge on any atom is -0.396 e. The molecule has 1 aromatic rings. The molecule has 0 saturated carbocycles. The topological polar surface area (TPSA) is 108 Å². The van der Waals surface area contributed by atoms with E-state index in [1.165, 1.54) is 0 Å². The molecule has 9 heteroatoms. The lowest BCUT2D eigenvalue weighted by Gasteiger charge is -2.15. The van der Waals surface area contributed by atoms with Gasteiger partial charge in [0.25, 0.3) is 0 Å². The molecule has 1 amide bonds. The van der Waals surface area contributed by atoms with Crippen molar-refractivity contribution in [2.45, 2.75) is 32.2 Å². The van der Waals surface area contributed by atoms with Crippen LogP contribution in [0.4, 0.5) is 5.13 Å². The summed E-state index contributed by atoms with van der Waals surface area (Å²) in [6.45, 7) is 1.95. The molecular weight excluding hydrogens is 302 g/mol. The summed E-state index contributed by atoms with van der Waals surface area (Å²) in [6.07, 6.45) is 2.38. The number of carbonyl (C=O) groups is 1. The Morgan fingerprint density at radius 1 is 1.55 bits per heavy atom. The van der Waals surface area contributed by atoms with Crippen molar-refractivity contribution in [3.63, 3.8) is 0 Å². The first kappa shape index (κ1) is 16.9. The minimum atomic E-state index is -3.35. The summed E-state index contributed by atoms with van der Waals surface area (Å²) in [5.41, 5.74) is 0.512. The molecule has 3 N–H and O–H groups in total. The molecule has 0 aliphatic carbocycles. The van der Waals surface area contributed by atoms with Gasteiger partial charge in [-0.15, -0.1) is 11.3 Å². The van der Waals surface area contributed by atoms with Crippen molar-refractivity contribution in [3.05, 3.63) is 11.1 Å². The molecule has 0 aliphatic heterocycles. The highest BCUT2D eigenvalue weighted by molar-refractivity contribution is 7.92. The van der Waals surface area contributed by atoms with Crippen LogP contribution >= 0.6 is 11.3 Å². The zero-order chi connectivity index (χ0) is 15.2. The van der Waals surface area contributed by atoms with Crippen LogP contribution < -0.4 is 10.0 Å². The van der Waals surface area contributed by atoms with E-state index in [2.05, 4.69) is 15.0 Å². The van der Waals surface area contributed by atoms with Gasteiger partial charge in [0.15, 0.2) is 5.13 Å². The van der Waals surface area contributed by atoms with E-state index in [-0.39, 0.29) is 30.1 Å². The maximum Gasteiger partial charge on any atom is 0.231 e. The average molecular weight is 321 g/mol. The van der Waals surface area contributed by atoms with E-state index in [1.807, 2.05) is 6.92 Å². The minimum absolute atomic E-state index is 0.0257. The summed E-state index contributed by atoms with van der Waals surface area (Å²) in [7, 11) is -3.35. The molecule has 0 saturated heterocycles. The van der Waals surface area contributed by atoms with Crippen molar-refractivity contribution in [2.24, 2.45) is 0 Å². The van der Waals surface area contributed by atoms with E-state index in [4.69, 9.17) is 5.11 Å². The van der Waals surface area contributed by atoms with Crippen LogP contribution in [0, 0.1) is 0 Å². The molecule has 1 heterocycles. The molecule has 7 nitrogen and oxygen atoms in total. The van der Waals surface area contributed by atoms with Crippen LogP contribution in [-0.4, -0.2) is 43.3 Å². The third-order valence-electron chi connectivity index (χ3n) is 2.50. The molecule has 1 atom stereocenters. The van der Waals surface area contributed by atoms with Gasteiger partial charge in [-0.25, -0.2) is 13.4 Å². The van der Waals surface area contributed by atoms with Gasteiger partial charge in [0.2, 0.25) is 15.9 Å². The van der Waals surface area contributed by atoms with E-state index in [9.17, 15) is 13.2 Å². The Morgan fingerprint density at radius 2 is 2.25 bits per heavy atom. The van der Waals surface area contributed by atoms with Crippen LogP contribution in [0.25, 0.3) is 0 Å². The molecule has 114 valence electrons. The van der Waals surface area contributed by atoms with Gasteiger partial charge >= 0.3 is 0 Å². The maximum absolute atomic E-state index is 11.8. The third kappa shape index (κ3) is 6.31. The van der Waals surface area contributed by atoms with Crippen molar-refractivity contribution in [1.82, 2.24) is 10.3 Å². The zero-order valence-corrected chi connectivity index (χ0v) is 13.1. The lowest BCUT2D eigenvalue weighted by Crippen LogP contribution is -2.36. The number of aliphatic hydroxyl groups is 1. The zero-order valence-electron chi connectivity index (χ0n) is 11.4. The fourth-order valence-electron chi connectivity index (χ4n) is 1.57. The molecule has 1 rings (SSSR count). The highest BCUT2D eigenvalue weighted by Crippen LogP contribution is 2.16. The molecule has 0 aromatic carbocycles. The Balaban J connectivity index is 2.54. The molecule has 0 bridgehead atoms. The molecule has 1 aromatic heterocycles. The highest BCUT2D eigenvalue weighted by Gasteiger charge is 2.13. The summed E-state index contributed by atoms with van der Waals surface area (Å²) in [5, 5.41) is 13.5. The third-order valence-corrected chi connectivity index (χ3v) is 4.00. The second-order valence-corrected chi connectivity index (χ2v) is 6.99. The van der Waals surface area contributed by atoms with E-state index in [1.54, 1.807) is 5.38 Å². The van der Waals surface area contributed by atoms with Crippen LogP contribution in [0.1, 0.15) is 25.5 Å². The predicted molar refractivity (Wildman–Crippen MR) is 78.2 cm³/mol. The van der Waals surface area contributed by atoms with Gasteiger partial charge in [-0.1, -0.05) is 6.92 Å². The van der Waals surface area contributed by atoms with E-state index >= 15 is 0 Å². The Bertz CT molecular complexity index is 542. The lowest BCUT2D eigenvalue weighted by atomic mass is 10.1. The number of anilines is 1. The molecule has 1 unspecified atom stereocenters.